The summed E-state index contributed by atoms with van der Waals surface area (Å²) in [7, 11) is 0. The van der Waals surface area contributed by atoms with Gasteiger partial charge < -0.3 is 9.80 Å². The van der Waals surface area contributed by atoms with Gasteiger partial charge >= 0.3 is 0 Å². The normalized spacial score (nSPS) is 15.2. The van der Waals surface area contributed by atoms with Gasteiger partial charge in [-0.2, -0.15) is 0 Å². The molecule has 0 bridgehead atoms. The average molecular weight is 492 g/mol. The van der Waals surface area contributed by atoms with Crippen molar-refractivity contribution in [3.8, 4) is 0 Å². The molecule has 3 aromatic rings. The monoisotopic (exact) mass is 491 g/mol. The number of benzene rings is 3. The Balaban J connectivity index is 1.72. The summed E-state index contributed by atoms with van der Waals surface area (Å²) in [5.74, 6) is -2.46. The molecule has 1 aliphatic rings. The topological polar surface area (TPSA) is 43.9 Å². The number of carbonyl (C=O) groups is 2. The van der Waals surface area contributed by atoms with Crippen molar-refractivity contribution >= 4 is 17.5 Å². The second-order valence-corrected chi connectivity index (χ2v) is 9.28. The molecule has 0 N–H and O–H groups in total. The van der Waals surface area contributed by atoms with E-state index in [9.17, 15) is 18.4 Å². The molecule has 0 fully saturated rings. The Morgan fingerprint density at radius 1 is 0.861 bits per heavy atom. The second kappa shape index (κ2) is 11.4. The zero-order chi connectivity index (χ0) is 25.7. The van der Waals surface area contributed by atoms with Crippen LogP contribution < -0.4 is 4.90 Å². The Morgan fingerprint density at radius 2 is 1.61 bits per heavy atom. The summed E-state index contributed by atoms with van der Waals surface area (Å²) in [5, 5.41) is 0. The molecular weight excluding hydrogens is 460 g/mol. The van der Waals surface area contributed by atoms with Crippen molar-refractivity contribution in [2.45, 2.75) is 33.4 Å². The summed E-state index contributed by atoms with van der Waals surface area (Å²) >= 11 is 0. The van der Waals surface area contributed by atoms with E-state index in [0.29, 0.717) is 56.0 Å². The van der Waals surface area contributed by atoms with Crippen molar-refractivity contribution in [1.82, 2.24) is 9.80 Å². The first-order valence-corrected chi connectivity index (χ1v) is 12.2. The fourth-order valence-corrected chi connectivity index (χ4v) is 4.65. The summed E-state index contributed by atoms with van der Waals surface area (Å²) in [6, 6.07) is 19.6. The lowest BCUT2D eigenvalue weighted by Gasteiger charge is -2.28. The van der Waals surface area contributed by atoms with Crippen LogP contribution in [0.2, 0.25) is 0 Å². The summed E-state index contributed by atoms with van der Waals surface area (Å²) in [5.41, 5.74) is 3.36. The summed E-state index contributed by atoms with van der Waals surface area (Å²) in [4.78, 5) is 31.6. The van der Waals surface area contributed by atoms with Crippen LogP contribution in [0, 0.1) is 18.6 Å². The highest BCUT2D eigenvalue weighted by Gasteiger charge is 2.25. The highest BCUT2D eigenvalue weighted by molar-refractivity contribution is 5.95. The smallest absolute Gasteiger partial charge is 0.254 e. The van der Waals surface area contributed by atoms with Crippen LogP contribution in [-0.2, 0) is 17.9 Å². The number of anilines is 1. The van der Waals surface area contributed by atoms with Gasteiger partial charge in [-0.25, -0.2) is 8.78 Å². The molecule has 1 heterocycles. The average Bonchev–Trinajstić information content (AvgIpc) is 2.89. The predicted molar refractivity (Wildman–Crippen MR) is 137 cm³/mol. The van der Waals surface area contributed by atoms with Gasteiger partial charge in [-0.05, 0) is 42.7 Å². The minimum absolute atomic E-state index is 0.0578. The van der Waals surface area contributed by atoms with E-state index < -0.39 is 11.6 Å². The first kappa shape index (κ1) is 25.5. The zero-order valence-corrected chi connectivity index (χ0v) is 20.7. The predicted octanol–water partition coefficient (Wildman–Crippen LogP) is 5.17. The van der Waals surface area contributed by atoms with Crippen molar-refractivity contribution in [2.24, 2.45) is 0 Å². The van der Waals surface area contributed by atoms with Gasteiger partial charge in [0.15, 0.2) is 11.6 Å². The standard InChI is InChI=1S/C29H31F2N3O2/c1-21-8-6-11-24(16-21)29(36)33-15-14-32(19-23-9-4-3-5-10-23)12-7-13-34(22(2)35)28-18-27(31)26(30)17-25(28)20-33/h3-6,8-11,16-18H,7,12-15,19-20H2,1-2H3. The summed E-state index contributed by atoms with van der Waals surface area (Å²) < 4.78 is 28.7. The number of nitrogens with zero attached hydrogens (tertiary/aromatic N) is 3. The van der Waals surface area contributed by atoms with Crippen molar-refractivity contribution in [3.63, 3.8) is 0 Å². The number of fused-ring (bicyclic) bond motifs is 1. The molecule has 0 saturated heterocycles. The summed E-state index contributed by atoms with van der Waals surface area (Å²) in [6.07, 6.45) is 0.649. The molecule has 0 atom stereocenters. The van der Waals surface area contributed by atoms with Gasteiger partial charge in [0.25, 0.3) is 5.91 Å². The molecule has 3 aromatic carbocycles. The Morgan fingerprint density at radius 3 is 2.33 bits per heavy atom. The molecule has 5 nitrogen and oxygen atoms in total. The van der Waals surface area contributed by atoms with Crippen molar-refractivity contribution in [1.29, 1.82) is 0 Å². The molecule has 0 aliphatic carbocycles. The van der Waals surface area contributed by atoms with Crippen LogP contribution in [0.4, 0.5) is 14.5 Å². The Hall–Kier alpha value is -3.58. The van der Waals surface area contributed by atoms with Gasteiger partial charge in [0.2, 0.25) is 5.91 Å². The highest BCUT2D eigenvalue weighted by atomic mass is 19.2. The maximum Gasteiger partial charge on any atom is 0.254 e. The van der Waals surface area contributed by atoms with Gasteiger partial charge in [-0.3, -0.25) is 14.5 Å². The number of amides is 2. The number of halogens is 2. The van der Waals surface area contributed by atoms with Crippen molar-refractivity contribution in [3.05, 3.63) is 101 Å². The van der Waals surface area contributed by atoms with Crippen LogP contribution in [0.25, 0.3) is 0 Å². The maximum absolute atomic E-state index is 14.3. The molecule has 0 spiro atoms. The molecular formula is C29H31F2N3O2. The van der Waals surface area contributed by atoms with E-state index in [-0.39, 0.29) is 18.4 Å². The van der Waals surface area contributed by atoms with Crippen LogP contribution in [0.3, 0.4) is 0 Å². The van der Waals surface area contributed by atoms with Gasteiger partial charge in [-0.15, -0.1) is 0 Å². The minimum Gasteiger partial charge on any atom is -0.333 e. The molecule has 188 valence electrons. The lowest BCUT2D eigenvalue weighted by atomic mass is 10.1. The molecule has 4 rings (SSSR count). The largest absolute Gasteiger partial charge is 0.333 e. The van der Waals surface area contributed by atoms with Crippen LogP contribution in [0.5, 0.6) is 0 Å². The molecule has 1 aliphatic heterocycles. The van der Waals surface area contributed by atoms with Crippen molar-refractivity contribution in [2.75, 3.05) is 31.1 Å². The third-order valence-electron chi connectivity index (χ3n) is 6.50. The highest BCUT2D eigenvalue weighted by Crippen LogP contribution is 2.27. The van der Waals surface area contributed by atoms with Crippen LogP contribution in [0.15, 0.2) is 66.7 Å². The van der Waals surface area contributed by atoms with Crippen molar-refractivity contribution < 1.29 is 18.4 Å². The van der Waals surface area contributed by atoms with E-state index in [0.717, 1.165) is 23.3 Å². The first-order chi connectivity index (χ1) is 17.3. The molecule has 0 unspecified atom stereocenters. The molecule has 0 saturated carbocycles. The number of hydrogen-bond donors (Lipinski definition) is 0. The molecule has 0 radical (unpaired) electrons. The molecule has 7 heteroatoms. The number of carbonyl (C=O) groups excluding carboxylic acids is 2. The Kier molecular flexibility index (Phi) is 8.10. The third kappa shape index (κ3) is 6.15. The fraction of sp³-hybridized carbons (Fsp3) is 0.310. The van der Waals surface area contributed by atoms with E-state index in [2.05, 4.69) is 17.0 Å². The first-order valence-electron chi connectivity index (χ1n) is 12.2. The minimum atomic E-state index is -1.02. The van der Waals surface area contributed by atoms with E-state index >= 15 is 0 Å². The Labute approximate surface area is 210 Å². The SMILES string of the molecule is CC(=O)N1CCCN(Cc2ccccc2)CCN(C(=O)c2cccc(C)c2)Cc2cc(F)c(F)cc21. The Bertz CT molecular complexity index is 1230. The summed E-state index contributed by atoms with van der Waals surface area (Å²) in [6.45, 7) is 6.15. The zero-order valence-electron chi connectivity index (χ0n) is 20.7. The molecule has 2 amide bonds. The lowest BCUT2D eigenvalue weighted by molar-refractivity contribution is -0.116. The van der Waals surface area contributed by atoms with E-state index in [1.165, 1.54) is 11.8 Å². The lowest BCUT2D eigenvalue weighted by Crippen LogP contribution is -2.38. The maximum atomic E-state index is 14.3. The van der Waals surface area contributed by atoms with E-state index in [1.807, 2.05) is 43.3 Å². The molecule has 0 aromatic heterocycles. The number of aryl methyl sites for hydroxylation is 1. The van der Waals surface area contributed by atoms with E-state index in [4.69, 9.17) is 0 Å². The van der Waals surface area contributed by atoms with Gasteiger partial charge in [-0.1, -0.05) is 48.0 Å². The van der Waals surface area contributed by atoms with Crippen LogP contribution in [0.1, 0.15) is 40.4 Å². The van der Waals surface area contributed by atoms with Gasteiger partial charge in [0.1, 0.15) is 0 Å². The second-order valence-electron chi connectivity index (χ2n) is 9.28. The fourth-order valence-electron chi connectivity index (χ4n) is 4.65. The number of rotatable bonds is 3. The third-order valence-corrected chi connectivity index (χ3v) is 6.50. The van der Waals surface area contributed by atoms with Crippen LogP contribution in [-0.4, -0.2) is 47.8 Å². The quantitative estimate of drug-likeness (QED) is 0.508. The van der Waals surface area contributed by atoms with Gasteiger partial charge in [0.05, 0.1) is 5.69 Å². The van der Waals surface area contributed by atoms with Gasteiger partial charge in [0, 0.05) is 57.8 Å². The molecule has 36 heavy (non-hydrogen) atoms. The number of hydrogen-bond acceptors (Lipinski definition) is 3. The van der Waals surface area contributed by atoms with E-state index in [1.54, 1.807) is 11.0 Å². The van der Waals surface area contributed by atoms with Crippen LogP contribution >= 0.6 is 0 Å².